The van der Waals surface area contributed by atoms with Crippen LogP contribution in [0.25, 0.3) is 22.4 Å². The van der Waals surface area contributed by atoms with Crippen LogP contribution in [0.1, 0.15) is 12.5 Å². The number of Topliss-reactive ketones (excluding diaryl/α,β-unsaturated/α-hetero) is 1. The van der Waals surface area contributed by atoms with E-state index in [0.717, 1.165) is 28.0 Å². The molecule has 0 aliphatic carbocycles. The lowest BCUT2D eigenvalue weighted by Crippen LogP contribution is -1.95. The molecule has 1 heterocycles. The number of carbonyl (C=O) groups is 1. The number of aromatic nitrogens is 2. The van der Waals surface area contributed by atoms with E-state index in [0.29, 0.717) is 6.42 Å². The molecule has 3 aromatic rings. The maximum Gasteiger partial charge on any atom is 0.138 e. The van der Waals surface area contributed by atoms with Gasteiger partial charge in [0.25, 0.3) is 0 Å². The Bertz CT molecular complexity index is 729. The Kier molecular flexibility index (Phi) is 2.88. The maximum absolute atomic E-state index is 11.2. The number of benzene rings is 2. The van der Waals surface area contributed by atoms with Crippen molar-refractivity contribution in [2.45, 2.75) is 13.3 Å². The molecule has 19 heavy (non-hydrogen) atoms. The Morgan fingerprint density at radius 2 is 1.95 bits per heavy atom. The van der Waals surface area contributed by atoms with E-state index in [-0.39, 0.29) is 5.78 Å². The Labute approximate surface area is 111 Å². The van der Waals surface area contributed by atoms with Crippen LogP contribution in [0.15, 0.2) is 48.5 Å². The van der Waals surface area contributed by atoms with E-state index in [4.69, 9.17) is 0 Å². The zero-order valence-electron chi connectivity index (χ0n) is 10.7. The van der Waals surface area contributed by atoms with Crippen LogP contribution in [0.4, 0.5) is 0 Å². The van der Waals surface area contributed by atoms with Crippen molar-refractivity contribution in [3.05, 3.63) is 54.1 Å². The van der Waals surface area contributed by atoms with Gasteiger partial charge in [0, 0.05) is 12.0 Å². The average Bonchev–Trinajstić information content (AvgIpc) is 2.82. The molecule has 0 aliphatic heterocycles. The number of aromatic amines is 1. The second-order valence-electron chi connectivity index (χ2n) is 4.68. The van der Waals surface area contributed by atoms with Crippen LogP contribution < -0.4 is 0 Å². The van der Waals surface area contributed by atoms with Gasteiger partial charge in [0.05, 0.1) is 11.0 Å². The number of ketones is 1. The van der Waals surface area contributed by atoms with Crippen LogP contribution in [0.5, 0.6) is 0 Å². The van der Waals surface area contributed by atoms with E-state index >= 15 is 0 Å². The Balaban J connectivity index is 2.04. The molecule has 0 saturated carbocycles. The highest BCUT2D eigenvalue weighted by Crippen LogP contribution is 2.21. The van der Waals surface area contributed by atoms with Crippen molar-refractivity contribution in [1.82, 2.24) is 9.97 Å². The predicted octanol–water partition coefficient (Wildman–Crippen LogP) is 3.36. The summed E-state index contributed by atoms with van der Waals surface area (Å²) in [6.07, 6.45) is 0.468. The van der Waals surface area contributed by atoms with Crippen LogP contribution in [0.3, 0.4) is 0 Å². The third-order valence-corrected chi connectivity index (χ3v) is 3.05. The monoisotopic (exact) mass is 250 g/mol. The minimum atomic E-state index is 0.169. The summed E-state index contributed by atoms with van der Waals surface area (Å²) in [5.41, 5.74) is 3.97. The fourth-order valence-corrected chi connectivity index (χ4v) is 2.19. The van der Waals surface area contributed by atoms with Gasteiger partial charge in [0.15, 0.2) is 0 Å². The number of rotatable bonds is 3. The molecule has 0 saturated heterocycles. The van der Waals surface area contributed by atoms with Crippen LogP contribution in [0.2, 0.25) is 0 Å². The molecule has 0 atom stereocenters. The van der Waals surface area contributed by atoms with Crippen molar-refractivity contribution in [3.8, 4) is 11.4 Å². The lowest BCUT2D eigenvalue weighted by molar-refractivity contribution is -0.116. The summed E-state index contributed by atoms with van der Waals surface area (Å²) >= 11 is 0. The van der Waals surface area contributed by atoms with Gasteiger partial charge < -0.3 is 4.98 Å². The van der Waals surface area contributed by atoms with Gasteiger partial charge in [-0.15, -0.1) is 0 Å². The first-order valence-electron chi connectivity index (χ1n) is 6.26. The minimum absolute atomic E-state index is 0.169. The molecule has 0 unspecified atom stereocenters. The van der Waals surface area contributed by atoms with Gasteiger partial charge in [0.2, 0.25) is 0 Å². The smallest absolute Gasteiger partial charge is 0.138 e. The van der Waals surface area contributed by atoms with Crippen LogP contribution >= 0.6 is 0 Å². The van der Waals surface area contributed by atoms with Gasteiger partial charge in [-0.25, -0.2) is 4.98 Å². The van der Waals surface area contributed by atoms with E-state index in [1.165, 1.54) is 0 Å². The topological polar surface area (TPSA) is 45.8 Å². The third kappa shape index (κ3) is 2.40. The molecule has 2 aromatic carbocycles. The number of nitrogens with zero attached hydrogens (tertiary/aromatic N) is 1. The van der Waals surface area contributed by atoms with Crippen LogP contribution in [-0.4, -0.2) is 15.8 Å². The lowest BCUT2D eigenvalue weighted by Gasteiger charge is -1.96. The molecule has 3 heteroatoms. The zero-order valence-corrected chi connectivity index (χ0v) is 10.7. The molecule has 0 aliphatic rings. The molecule has 0 radical (unpaired) electrons. The van der Waals surface area contributed by atoms with Gasteiger partial charge in [-0.05, 0) is 24.6 Å². The molecule has 0 fully saturated rings. The Morgan fingerprint density at radius 1 is 1.16 bits per heavy atom. The molecule has 0 bridgehead atoms. The second-order valence-corrected chi connectivity index (χ2v) is 4.68. The molecular weight excluding hydrogens is 236 g/mol. The predicted molar refractivity (Wildman–Crippen MR) is 75.9 cm³/mol. The number of carbonyl (C=O) groups excluding carboxylic acids is 1. The van der Waals surface area contributed by atoms with Gasteiger partial charge in [-0.2, -0.15) is 0 Å². The molecule has 0 spiro atoms. The lowest BCUT2D eigenvalue weighted by atomic mass is 10.1. The summed E-state index contributed by atoms with van der Waals surface area (Å²) in [5.74, 6) is 1.03. The van der Waals surface area contributed by atoms with Crippen molar-refractivity contribution >= 4 is 16.8 Å². The second kappa shape index (κ2) is 4.69. The van der Waals surface area contributed by atoms with E-state index < -0.39 is 0 Å². The summed E-state index contributed by atoms with van der Waals surface area (Å²) in [7, 11) is 0. The fraction of sp³-hybridized carbons (Fsp3) is 0.125. The normalized spacial score (nSPS) is 10.8. The van der Waals surface area contributed by atoms with Crippen molar-refractivity contribution in [1.29, 1.82) is 0 Å². The van der Waals surface area contributed by atoms with E-state index in [2.05, 4.69) is 9.97 Å². The first-order valence-corrected chi connectivity index (χ1v) is 6.26. The molecule has 1 aromatic heterocycles. The average molecular weight is 250 g/mol. The summed E-state index contributed by atoms with van der Waals surface area (Å²) in [5, 5.41) is 0. The maximum atomic E-state index is 11.2. The fourth-order valence-electron chi connectivity index (χ4n) is 2.19. The van der Waals surface area contributed by atoms with Gasteiger partial charge in [0.1, 0.15) is 11.6 Å². The van der Waals surface area contributed by atoms with Crippen molar-refractivity contribution in [3.63, 3.8) is 0 Å². The van der Waals surface area contributed by atoms with Crippen LogP contribution in [0, 0.1) is 0 Å². The number of nitrogens with one attached hydrogen (secondary N) is 1. The third-order valence-electron chi connectivity index (χ3n) is 3.05. The Morgan fingerprint density at radius 3 is 2.68 bits per heavy atom. The molecule has 3 nitrogen and oxygen atoms in total. The summed E-state index contributed by atoms with van der Waals surface area (Å²) < 4.78 is 0. The first kappa shape index (κ1) is 11.7. The number of H-pyrrole nitrogens is 1. The molecular formula is C16H14N2O. The first-order chi connectivity index (χ1) is 9.22. The molecule has 94 valence electrons. The summed E-state index contributed by atoms with van der Waals surface area (Å²) in [4.78, 5) is 19.0. The SMILES string of the molecule is CC(=O)Cc1ccc2nc(-c3ccccc3)[nH]c2c1. The summed E-state index contributed by atoms with van der Waals surface area (Å²) in [6.45, 7) is 1.60. The quantitative estimate of drug-likeness (QED) is 0.774. The minimum Gasteiger partial charge on any atom is -0.338 e. The number of hydrogen-bond acceptors (Lipinski definition) is 2. The Hall–Kier alpha value is -2.42. The molecule has 1 N–H and O–H groups in total. The highest BCUT2D eigenvalue weighted by atomic mass is 16.1. The van der Waals surface area contributed by atoms with E-state index in [1.807, 2.05) is 48.5 Å². The van der Waals surface area contributed by atoms with Gasteiger partial charge in [-0.3, -0.25) is 4.79 Å². The van der Waals surface area contributed by atoms with E-state index in [1.54, 1.807) is 6.92 Å². The standard InChI is InChI=1S/C16H14N2O/c1-11(19)9-12-7-8-14-15(10-12)18-16(17-14)13-5-3-2-4-6-13/h2-8,10H,9H2,1H3,(H,17,18). The zero-order chi connectivity index (χ0) is 13.2. The summed E-state index contributed by atoms with van der Waals surface area (Å²) in [6, 6.07) is 15.9. The van der Waals surface area contributed by atoms with Gasteiger partial charge in [-0.1, -0.05) is 36.4 Å². The molecule has 0 amide bonds. The van der Waals surface area contributed by atoms with E-state index in [9.17, 15) is 4.79 Å². The number of fused-ring (bicyclic) bond motifs is 1. The number of hydrogen-bond donors (Lipinski definition) is 1. The highest BCUT2D eigenvalue weighted by molar-refractivity contribution is 5.83. The van der Waals surface area contributed by atoms with Crippen molar-refractivity contribution in [2.75, 3.05) is 0 Å². The van der Waals surface area contributed by atoms with Crippen molar-refractivity contribution < 1.29 is 4.79 Å². The van der Waals surface area contributed by atoms with Gasteiger partial charge >= 0.3 is 0 Å². The number of imidazole rings is 1. The molecule has 3 rings (SSSR count). The largest absolute Gasteiger partial charge is 0.338 e. The van der Waals surface area contributed by atoms with Crippen molar-refractivity contribution in [2.24, 2.45) is 0 Å². The highest BCUT2D eigenvalue weighted by Gasteiger charge is 2.06. The van der Waals surface area contributed by atoms with Crippen LogP contribution in [-0.2, 0) is 11.2 Å².